The fourth-order valence-electron chi connectivity index (χ4n) is 3.15. The third kappa shape index (κ3) is 2.84. The first kappa shape index (κ1) is 16.9. The normalized spacial score (nSPS) is 12.4. The van der Waals surface area contributed by atoms with Gasteiger partial charge in [-0.05, 0) is 23.9 Å². The van der Waals surface area contributed by atoms with E-state index in [2.05, 4.69) is 19.9 Å². The Hall–Kier alpha value is -3.55. The van der Waals surface area contributed by atoms with Crippen molar-refractivity contribution in [3.8, 4) is 0 Å². The monoisotopic (exact) mass is 363 g/mol. The topological polar surface area (TPSA) is 107 Å². The number of fused-ring (bicyclic) bond motifs is 2. The van der Waals surface area contributed by atoms with Gasteiger partial charge in [0.25, 0.3) is 0 Å². The predicted molar refractivity (Wildman–Crippen MR) is 105 cm³/mol. The SMILES string of the molecule is C[C@@H](c1ccc(F)c2ccccc12)N(C)c1ncc2c(N)nc(N)nc2n1. The summed E-state index contributed by atoms with van der Waals surface area (Å²) in [5.74, 6) is 0.517. The molecule has 0 radical (unpaired) electrons. The number of hydrogen-bond donors (Lipinski definition) is 2. The third-order valence-electron chi connectivity index (χ3n) is 4.74. The molecular formula is C19H18FN7. The van der Waals surface area contributed by atoms with Gasteiger partial charge in [0.15, 0.2) is 5.65 Å². The summed E-state index contributed by atoms with van der Waals surface area (Å²) in [4.78, 5) is 18.8. The number of nitrogens with zero attached hydrogens (tertiary/aromatic N) is 5. The Kier molecular flexibility index (Phi) is 3.95. The highest BCUT2D eigenvalue weighted by Gasteiger charge is 2.19. The van der Waals surface area contributed by atoms with E-state index < -0.39 is 0 Å². The number of anilines is 3. The van der Waals surface area contributed by atoms with E-state index in [0.717, 1.165) is 10.9 Å². The second kappa shape index (κ2) is 6.31. The van der Waals surface area contributed by atoms with Crippen molar-refractivity contribution in [2.45, 2.75) is 13.0 Å². The molecule has 0 unspecified atom stereocenters. The van der Waals surface area contributed by atoms with Crippen LogP contribution in [0.2, 0.25) is 0 Å². The first-order valence-electron chi connectivity index (χ1n) is 8.41. The average molecular weight is 363 g/mol. The highest BCUT2D eigenvalue weighted by molar-refractivity contribution is 5.87. The number of aromatic nitrogens is 4. The van der Waals surface area contributed by atoms with E-state index in [4.69, 9.17) is 11.5 Å². The minimum Gasteiger partial charge on any atom is -0.383 e. The summed E-state index contributed by atoms with van der Waals surface area (Å²) in [6, 6.07) is 10.6. The lowest BCUT2D eigenvalue weighted by Gasteiger charge is -2.26. The minimum absolute atomic E-state index is 0.0601. The molecule has 0 saturated carbocycles. The maximum atomic E-state index is 14.1. The van der Waals surface area contributed by atoms with Gasteiger partial charge in [-0.2, -0.15) is 15.0 Å². The van der Waals surface area contributed by atoms with Gasteiger partial charge in [-0.25, -0.2) is 9.37 Å². The van der Waals surface area contributed by atoms with Crippen molar-refractivity contribution in [2.24, 2.45) is 0 Å². The van der Waals surface area contributed by atoms with E-state index >= 15 is 0 Å². The molecule has 0 fully saturated rings. The Labute approximate surface area is 154 Å². The second-order valence-electron chi connectivity index (χ2n) is 6.34. The van der Waals surface area contributed by atoms with Crippen LogP contribution in [-0.4, -0.2) is 27.0 Å². The summed E-state index contributed by atoms with van der Waals surface area (Å²) in [6.07, 6.45) is 1.58. The number of nitrogens with two attached hydrogens (primary N) is 2. The molecule has 8 heteroatoms. The Morgan fingerprint density at radius 2 is 1.70 bits per heavy atom. The predicted octanol–water partition coefficient (Wildman–Crippen LogP) is 3.07. The zero-order chi connectivity index (χ0) is 19.1. The van der Waals surface area contributed by atoms with Gasteiger partial charge in [0.1, 0.15) is 11.6 Å². The Bertz CT molecular complexity index is 1160. The molecule has 4 rings (SSSR count). The van der Waals surface area contributed by atoms with E-state index in [1.807, 2.05) is 37.1 Å². The summed E-state index contributed by atoms with van der Waals surface area (Å²) < 4.78 is 14.1. The van der Waals surface area contributed by atoms with Gasteiger partial charge in [0.2, 0.25) is 11.9 Å². The molecule has 0 bridgehead atoms. The number of nitrogen functional groups attached to an aromatic ring is 2. The zero-order valence-corrected chi connectivity index (χ0v) is 14.9. The largest absolute Gasteiger partial charge is 0.383 e. The first-order chi connectivity index (χ1) is 13.0. The van der Waals surface area contributed by atoms with Crippen LogP contribution in [0.3, 0.4) is 0 Å². The summed E-state index contributed by atoms with van der Waals surface area (Å²) in [7, 11) is 1.87. The molecule has 0 spiro atoms. The maximum absolute atomic E-state index is 14.1. The fraction of sp³-hybridized carbons (Fsp3) is 0.158. The summed E-state index contributed by atoms with van der Waals surface area (Å²) in [5.41, 5.74) is 12.9. The van der Waals surface area contributed by atoms with Gasteiger partial charge < -0.3 is 16.4 Å². The van der Waals surface area contributed by atoms with Crippen LogP contribution < -0.4 is 16.4 Å². The summed E-state index contributed by atoms with van der Waals surface area (Å²) in [6.45, 7) is 2.01. The Morgan fingerprint density at radius 3 is 2.48 bits per heavy atom. The third-order valence-corrected chi connectivity index (χ3v) is 4.74. The number of rotatable bonds is 3. The van der Waals surface area contributed by atoms with Gasteiger partial charge in [-0.1, -0.05) is 30.3 Å². The van der Waals surface area contributed by atoms with Crippen molar-refractivity contribution in [3.63, 3.8) is 0 Å². The zero-order valence-electron chi connectivity index (χ0n) is 14.9. The van der Waals surface area contributed by atoms with Crippen LogP contribution in [0.1, 0.15) is 18.5 Å². The molecule has 2 aromatic carbocycles. The van der Waals surface area contributed by atoms with Crippen molar-refractivity contribution in [1.29, 1.82) is 0 Å². The molecular weight excluding hydrogens is 345 g/mol. The molecule has 0 aliphatic carbocycles. The van der Waals surface area contributed by atoms with Gasteiger partial charge in [0.05, 0.1) is 11.4 Å². The van der Waals surface area contributed by atoms with Crippen molar-refractivity contribution < 1.29 is 4.39 Å². The molecule has 27 heavy (non-hydrogen) atoms. The van der Waals surface area contributed by atoms with Crippen LogP contribution in [0, 0.1) is 5.82 Å². The van der Waals surface area contributed by atoms with Crippen LogP contribution in [0.4, 0.5) is 22.1 Å². The highest BCUT2D eigenvalue weighted by Crippen LogP contribution is 2.31. The fourth-order valence-corrected chi connectivity index (χ4v) is 3.15. The molecule has 0 aliphatic heterocycles. The molecule has 0 amide bonds. The molecule has 4 N–H and O–H groups in total. The van der Waals surface area contributed by atoms with Crippen molar-refractivity contribution in [3.05, 3.63) is 54.0 Å². The number of benzene rings is 2. The molecule has 0 aliphatic rings. The van der Waals surface area contributed by atoms with Crippen LogP contribution in [-0.2, 0) is 0 Å². The average Bonchev–Trinajstić information content (AvgIpc) is 2.67. The quantitative estimate of drug-likeness (QED) is 0.576. The maximum Gasteiger partial charge on any atom is 0.227 e. The molecule has 2 aromatic heterocycles. The van der Waals surface area contributed by atoms with Crippen molar-refractivity contribution in [2.75, 3.05) is 23.4 Å². The van der Waals surface area contributed by atoms with Crippen LogP contribution in [0.25, 0.3) is 21.8 Å². The lowest BCUT2D eigenvalue weighted by molar-refractivity contribution is 0.637. The van der Waals surface area contributed by atoms with Crippen LogP contribution in [0.5, 0.6) is 0 Å². The summed E-state index contributed by atoms with van der Waals surface area (Å²) >= 11 is 0. The number of hydrogen-bond acceptors (Lipinski definition) is 7. The molecule has 0 saturated heterocycles. The molecule has 4 aromatic rings. The molecule has 1 atom stereocenters. The van der Waals surface area contributed by atoms with E-state index in [0.29, 0.717) is 22.4 Å². The molecule has 7 nitrogen and oxygen atoms in total. The second-order valence-corrected chi connectivity index (χ2v) is 6.34. The standard InChI is InChI=1S/C19H18FN7/c1-10(11-7-8-15(20)13-6-4-3-5-12(11)13)27(2)19-23-9-14-16(21)24-18(22)25-17(14)26-19/h3-10H,1-2H3,(H4,21,22,23,24,25,26)/t10-/m0/s1. The first-order valence-corrected chi connectivity index (χ1v) is 8.41. The van der Waals surface area contributed by atoms with Crippen LogP contribution in [0.15, 0.2) is 42.6 Å². The van der Waals surface area contributed by atoms with E-state index in [-0.39, 0.29) is 23.6 Å². The van der Waals surface area contributed by atoms with Crippen LogP contribution >= 0.6 is 0 Å². The lowest BCUT2D eigenvalue weighted by atomic mass is 9.98. The van der Waals surface area contributed by atoms with E-state index in [9.17, 15) is 4.39 Å². The highest BCUT2D eigenvalue weighted by atomic mass is 19.1. The minimum atomic E-state index is -0.242. The van der Waals surface area contributed by atoms with Gasteiger partial charge in [0, 0.05) is 18.6 Å². The molecule has 136 valence electrons. The van der Waals surface area contributed by atoms with Gasteiger partial charge in [-0.15, -0.1) is 0 Å². The Morgan fingerprint density at radius 1 is 0.963 bits per heavy atom. The van der Waals surface area contributed by atoms with Crippen molar-refractivity contribution in [1.82, 2.24) is 19.9 Å². The van der Waals surface area contributed by atoms with Gasteiger partial charge >= 0.3 is 0 Å². The number of halogens is 1. The lowest BCUT2D eigenvalue weighted by Crippen LogP contribution is -2.24. The van der Waals surface area contributed by atoms with E-state index in [1.54, 1.807) is 18.3 Å². The molecule has 2 heterocycles. The van der Waals surface area contributed by atoms with Gasteiger partial charge in [-0.3, -0.25) is 0 Å². The van der Waals surface area contributed by atoms with Crippen molar-refractivity contribution >= 4 is 39.5 Å². The van der Waals surface area contributed by atoms with E-state index in [1.165, 1.54) is 6.07 Å². The summed E-state index contributed by atoms with van der Waals surface area (Å²) in [5, 5.41) is 1.98. The Balaban J connectivity index is 1.78. The smallest absolute Gasteiger partial charge is 0.227 e.